The number of amides is 1. The largest absolute Gasteiger partial charge is 0.484 e. The van der Waals surface area contributed by atoms with E-state index in [4.69, 9.17) is 4.74 Å². The molecule has 2 aromatic carbocycles. The van der Waals surface area contributed by atoms with Crippen LogP contribution >= 0.6 is 0 Å². The third kappa shape index (κ3) is 3.48. The van der Waals surface area contributed by atoms with Gasteiger partial charge in [0.1, 0.15) is 5.75 Å². The van der Waals surface area contributed by atoms with Crippen LogP contribution in [-0.4, -0.2) is 30.5 Å². The van der Waals surface area contributed by atoms with Crippen LogP contribution < -0.4 is 4.74 Å². The van der Waals surface area contributed by atoms with Gasteiger partial charge in [0.2, 0.25) is 0 Å². The van der Waals surface area contributed by atoms with Crippen LogP contribution in [0.25, 0.3) is 11.1 Å². The quantitative estimate of drug-likeness (QED) is 0.861. The van der Waals surface area contributed by atoms with Crippen LogP contribution in [0.5, 0.6) is 5.75 Å². The van der Waals surface area contributed by atoms with E-state index >= 15 is 0 Å². The third-order valence-corrected chi connectivity index (χ3v) is 4.06. The minimum Gasteiger partial charge on any atom is -0.484 e. The van der Waals surface area contributed by atoms with E-state index < -0.39 is 0 Å². The SMILES string of the molecule is Cc1ccc(-c2ccc(OCC(=O)N3CCCC3)cc2)cc1. The van der Waals surface area contributed by atoms with Gasteiger partial charge in [-0.3, -0.25) is 4.79 Å². The average molecular weight is 295 g/mol. The number of aryl methyl sites for hydroxylation is 1. The average Bonchev–Trinajstić information content (AvgIpc) is 3.08. The topological polar surface area (TPSA) is 29.5 Å². The fraction of sp³-hybridized carbons (Fsp3) is 0.316. The lowest BCUT2D eigenvalue weighted by atomic mass is 10.0. The van der Waals surface area contributed by atoms with Crippen molar-refractivity contribution in [3.63, 3.8) is 0 Å². The van der Waals surface area contributed by atoms with E-state index in [2.05, 4.69) is 31.2 Å². The maximum absolute atomic E-state index is 11.9. The summed E-state index contributed by atoms with van der Waals surface area (Å²) in [6, 6.07) is 16.3. The van der Waals surface area contributed by atoms with Crippen molar-refractivity contribution in [1.29, 1.82) is 0 Å². The van der Waals surface area contributed by atoms with Crippen molar-refractivity contribution in [2.24, 2.45) is 0 Å². The fourth-order valence-electron chi connectivity index (χ4n) is 2.69. The standard InChI is InChI=1S/C19H21NO2/c1-15-4-6-16(7-5-15)17-8-10-18(11-9-17)22-14-19(21)20-12-2-3-13-20/h4-11H,2-3,12-14H2,1H3. The van der Waals surface area contributed by atoms with Crippen LogP contribution in [0.15, 0.2) is 48.5 Å². The fourth-order valence-corrected chi connectivity index (χ4v) is 2.69. The summed E-state index contributed by atoms with van der Waals surface area (Å²) in [7, 11) is 0. The molecule has 1 heterocycles. The van der Waals surface area contributed by atoms with Crippen LogP contribution in [0, 0.1) is 6.92 Å². The van der Waals surface area contributed by atoms with Crippen molar-refractivity contribution in [2.45, 2.75) is 19.8 Å². The molecule has 1 amide bonds. The molecule has 0 aliphatic carbocycles. The number of hydrogen-bond acceptors (Lipinski definition) is 2. The Morgan fingerprint density at radius 3 is 2.09 bits per heavy atom. The van der Waals surface area contributed by atoms with Crippen LogP contribution in [0.4, 0.5) is 0 Å². The first-order valence-electron chi connectivity index (χ1n) is 7.80. The summed E-state index contributed by atoms with van der Waals surface area (Å²) in [4.78, 5) is 13.8. The van der Waals surface area contributed by atoms with Crippen LogP contribution in [0.2, 0.25) is 0 Å². The second kappa shape index (κ2) is 6.65. The zero-order valence-corrected chi connectivity index (χ0v) is 12.9. The monoisotopic (exact) mass is 295 g/mol. The van der Waals surface area contributed by atoms with Crippen molar-refractivity contribution in [2.75, 3.05) is 19.7 Å². The number of rotatable bonds is 4. The van der Waals surface area contributed by atoms with Gasteiger partial charge in [0, 0.05) is 13.1 Å². The van der Waals surface area contributed by atoms with Gasteiger partial charge in [-0.05, 0) is 43.0 Å². The van der Waals surface area contributed by atoms with E-state index in [1.54, 1.807) is 0 Å². The summed E-state index contributed by atoms with van der Waals surface area (Å²) in [5.41, 5.74) is 3.59. The highest BCUT2D eigenvalue weighted by Gasteiger charge is 2.17. The van der Waals surface area contributed by atoms with Crippen molar-refractivity contribution in [1.82, 2.24) is 4.90 Å². The predicted molar refractivity (Wildman–Crippen MR) is 87.9 cm³/mol. The zero-order chi connectivity index (χ0) is 15.4. The van der Waals surface area contributed by atoms with Gasteiger partial charge in [-0.1, -0.05) is 42.0 Å². The van der Waals surface area contributed by atoms with Gasteiger partial charge in [-0.25, -0.2) is 0 Å². The molecule has 3 heteroatoms. The molecule has 1 aliphatic rings. The van der Waals surface area contributed by atoms with Gasteiger partial charge in [0.15, 0.2) is 6.61 Å². The number of likely N-dealkylation sites (tertiary alicyclic amines) is 1. The Labute approximate surface area is 131 Å². The number of hydrogen-bond donors (Lipinski definition) is 0. The van der Waals surface area contributed by atoms with E-state index in [-0.39, 0.29) is 12.5 Å². The van der Waals surface area contributed by atoms with Crippen molar-refractivity contribution in [3.05, 3.63) is 54.1 Å². The van der Waals surface area contributed by atoms with Gasteiger partial charge in [0.25, 0.3) is 5.91 Å². The summed E-state index contributed by atoms with van der Waals surface area (Å²) >= 11 is 0. The predicted octanol–water partition coefficient (Wildman–Crippen LogP) is 3.66. The van der Waals surface area contributed by atoms with Crippen LogP contribution in [0.3, 0.4) is 0 Å². The van der Waals surface area contributed by atoms with Gasteiger partial charge >= 0.3 is 0 Å². The smallest absolute Gasteiger partial charge is 0.260 e. The highest BCUT2D eigenvalue weighted by atomic mass is 16.5. The lowest BCUT2D eigenvalue weighted by Crippen LogP contribution is -2.32. The lowest BCUT2D eigenvalue weighted by molar-refractivity contribution is -0.132. The Bertz CT molecular complexity index is 625. The molecule has 0 saturated carbocycles. The molecule has 2 aromatic rings. The normalized spacial score (nSPS) is 14.1. The number of carbonyl (C=O) groups is 1. The second-order valence-corrected chi connectivity index (χ2v) is 5.77. The Kier molecular flexibility index (Phi) is 4.42. The van der Waals surface area contributed by atoms with Crippen LogP contribution in [-0.2, 0) is 4.79 Å². The number of nitrogens with zero attached hydrogens (tertiary/aromatic N) is 1. The molecule has 0 N–H and O–H groups in total. The molecule has 0 spiro atoms. The first-order valence-corrected chi connectivity index (χ1v) is 7.80. The molecule has 0 aromatic heterocycles. The van der Waals surface area contributed by atoms with Gasteiger partial charge in [0.05, 0.1) is 0 Å². The highest BCUT2D eigenvalue weighted by Crippen LogP contribution is 2.22. The molecule has 114 valence electrons. The summed E-state index contributed by atoms with van der Waals surface area (Å²) in [6.45, 7) is 3.95. The zero-order valence-electron chi connectivity index (χ0n) is 12.9. The maximum Gasteiger partial charge on any atom is 0.260 e. The first kappa shape index (κ1) is 14.6. The summed E-state index contributed by atoms with van der Waals surface area (Å²) in [5, 5.41) is 0. The highest BCUT2D eigenvalue weighted by molar-refractivity contribution is 5.78. The molecular weight excluding hydrogens is 274 g/mol. The van der Waals surface area contributed by atoms with Crippen molar-refractivity contribution >= 4 is 5.91 Å². The Balaban J connectivity index is 1.59. The van der Waals surface area contributed by atoms with Gasteiger partial charge in [-0.2, -0.15) is 0 Å². The molecule has 0 unspecified atom stereocenters. The molecule has 0 bridgehead atoms. The molecule has 0 radical (unpaired) electrons. The Morgan fingerprint density at radius 2 is 1.50 bits per heavy atom. The van der Waals surface area contributed by atoms with Gasteiger partial charge < -0.3 is 9.64 Å². The molecule has 0 atom stereocenters. The summed E-state index contributed by atoms with van der Waals surface area (Å²) in [5.74, 6) is 0.823. The molecular formula is C19H21NO2. The van der Waals surface area contributed by atoms with E-state index in [1.807, 2.05) is 29.2 Å². The number of benzene rings is 2. The molecule has 22 heavy (non-hydrogen) atoms. The van der Waals surface area contributed by atoms with E-state index in [1.165, 1.54) is 11.1 Å². The summed E-state index contributed by atoms with van der Waals surface area (Å²) in [6.07, 6.45) is 2.22. The second-order valence-electron chi connectivity index (χ2n) is 5.77. The third-order valence-electron chi connectivity index (χ3n) is 4.06. The van der Waals surface area contributed by atoms with E-state index in [9.17, 15) is 4.79 Å². The van der Waals surface area contributed by atoms with E-state index in [0.29, 0.717) is 0 Å². The lowest BCUT2D eigenvalue weighted by Gasteiger charge is -2.15. The molecule has 1 fully saturated rings. The van der Waals surface area contributed by atoms with Crippen molar-refractivity contribution in [3.8, 4) is 16.9 Å². The molecule has 3 nitrogen and oxygen atoms in total. The molecule has 1 aliphatic heterocycles. The Hall–Kier alpha value is -2.29. The Morgan fingerprint density at radius 1 is 0.955 bits per heavy atom. The number of ether oxygens (including phenoxy) is 1. The number of carbonyl (C=O) groups excluding carboxylic acids is 1. The first-order chi connectivity index (χ1) is 10.7. The van der Waals surface area contributed by atoms with Gasteiger partial charge in [-0.15, -0.1) is 0 Å². The maximum atomic E-state index is 11.9. The minimum absolute atomic E-state index is 0.0834. The molecule has 1 saturated heterocycles. The summed E-state index contributed by atoms with van der Waals surface area (Å²) < 4.78 is 5.60. The van der Waals surface area contributed by atoms with Crippen molar-refractivity contribution < 1.29 is 9.53 Å². The molecule has 3 rings (SSSR count). The minimum atomic E-state index is 0.0834. The van der Waals surface area contributed by atoms with E-state index in [0.717, 1.165) is 37.2 Å². The van der Waals surface area contributed by atoms with Crippen LogP contribution in [0.1, 0.15) is 18.4 Å².